The molecule has 1 unspecified atom stereocenters. The summed E-state index contributed by atoms with van der Waals surface area (Å²) in [6.07, 6.45) is 7.77. The largest absolute Gasteiger partial charge is 0.494 e. The van der Waals surface area contributed by atoms with Crippen molar-refractivity contribution in [1.29, 1.82) is 0 Å². The van der Waals surface area contributed by atoms with E-state index in [0.29, 0.717) is 12.2 Å². The normalized spacial score (nSPS) is 16.5. The van der Waals surface area contributed by atoms with E-state index < -0.39 is 5.97 Å². The summed E-state index contributed by atoms with van der Waals surface area (Å²) in [6.45, 7) is 2.32. The topological polar surface area (TPSA) is 65.0 Å². The highest BCUT2D eigenvalue weighted by Crippen LogP contribution is 2.23. The lowest BCUT2D eigenvalue weighted by Crippen LogP contribution is -2.22. The van der Waals surface area contributed by atoms with Gasteiger partial charge in [0.05, 0.1) is 12.2 Å². The van der Waals surface area contributed by atoms with Gasteiger partial charge in [0, 0.05) is 13.2 Å². The van der Waals surface area contributed by atoms with E-state index >= 15 is 0 Å². The molecule has 5 heteroatoms. The van der Waals surface area contributed by atoms with Crippen LogP contribution >= 0.6 is 0 Å². The van der Waals surface area contributed by atoms with Crippen LogP contribution in [0, 0.1) is 0 Å². The van der Waals surface area contributed by atoms with Crippen molar-refractivity contribution in [3.63, 3.8) is 0 Å². The molecule has 1 aliphatic rings. The van der Waals surface area contributed by atoms with E-state index in [0.717, 1.165) is 68.6 Å². The lowest BCUT2D eigenvalue weighted by Gasteiger charge is -2.22. The number of ether oxygens (including phenoxy) is 3. The third-order valence-electron chi connectivity index (χ3n) is 5.07. The summed E-state index contributed by atoms with van der Waals surface area (Å²) in [5.41, 5.74) is 2.32. The molecule has 1 N–H and O–H groups in total. The van der Waals surface area contributed by atoms with Gasteiger partial charge < -0.3 is 19.3 Å². The van der Waals surface area contributed by atoms with Gasteiger partial charge in [-0.1, -0.05) is 30.7 Å². The maximum absolute atomic E-state index is 10.9. The summed E-state index contributed by atoms with van der Waals surface area (Å²) in [5.74, 6) is -0.0558. The predicted octanol–water partition coefficient (Wildman–Crippen LogP) is 5.53. The van der Waals surface area contributed by atoms with Crippen molar-refractivity contribution in [3.8, 4) is 16.9 Å². The molecule has 1 atom stereocenters. The molecular formula is C24H30O5. The summed E-state index contributed by atoms with van der Waals surface area (Å²) < 4.78 is 17.1. The second kappa shape index (κ2) is 11.6. The van der Waals surface area contributed by atoms with Crippen molar-refractivity contribution in [2.75, 3.05) is 19.8 Å². The SMILES string of the molecule is O=C(O)c1ccc(-c2ccc(OCCCCCCOC3CCCCO3)cc2)cc1. The Morgan fingerprint density at radius 3 is 2.17 bits per heavy atom. The van der Waals surface area contributed by atoms with Gasteiger partial charge in [-0.25, -0.2) is 4.79 Å². The van der Waals surface area contributed by atoms with Crippen molar-refractivity contribution in [1.82, 2.24) is 0 Å². The molecule has 5 nitrogen and oxygen atoms in total. The maximum Gasteiger partial charge on any atom is 0.335 e. The Morgan fingerprint density at radius 2 is 1.55 bits per heavy atom. The minimum atomic E-state index is -0.911. The van der Waals surface area contributed by atoms with Crippen LogP contribution in [-0.2, 0) is 9.47 Å². The molecule has 1 saturated heterocycles. The molecule has 0 spiro atoms. The molecule has 0 bridgehead atoms. The number of rotatable bonds is 11. The lowest BCUT2D eigenvalue weighted by molar-refractivity contribution is -0.162. The van der Waals surface area contributed by atoms with Crippen LogP contribution in [0.15, 0.2) is 48.5 Å². The molecule has 1 heterocycles. The fraction of sp³-hybridized carbons (Fsp3) is 0.458. The Kier molecular flexibility index (Phi) is 8.53. The highest BCUT2D eigenvalue weighted by atomic mass is 16.7. The highest BCUT2D eigenvalue weighted by Gasteiger charge is 2.13. The van der Waals surface area contributed by atoms with Crippen LogP contribution in [0.4, 0.5) is 0 Å². The summed E-state index contributed by atoms with van der Waals surface area (Å²) in [5, 5.41) is 8.97. The number of aromatic carboxylic acids is 1. The molecule has 1 fully saturated rings. The maximum atomic E-state index is 10.9. The zero-order chi connectivity index (χ0) is 20.3. The predicted molar refractivity (Wildman–Crippen MR) is 112 cm³/mol. The van der Waals surface area contributed by atoms with Crippen LogP contribution in [-0.4, -0.2) is 37.2 Å². The van der Waals surface area contributed by atoms with E-state index in [1.165, 1.54) is 6.42 Å². The molecule has 29 heavy (non-hydrogen) atoms. The first-order chi connectivity index (χ1) is 14.2. The lowest BCUT2D eigenvalue weighted by atomic mass is 10.0. The first-order valence-corrected chi connectivity index (χ1v) is 10.5. The van der Waals surface area contributed by atoms with Crippen molar-refractivity contribution >= 4 is 5.97 Å². The van der Waals surface area contributed by atoms with E-state index in [9.17, 15) is 4.79 Å². The Morgan fingerprint density at radius 1 is 0.897 bits per heavy atom. The monoisotopic (exact) mass is 398 g/mol. The highest BCUT2D eigenvalue weighted by molar-refractivity contribution is 5.88. The van der Waals surface area contributed by atoms with Crippen LogP contribution in [0.1, 0.15) is 55.3 Å². The summed E-state index contributed by atoms with van der Waals surface area (Å²) in [7, 11) is 0. The van der Waals surface area contributed by atoms with Gasteiger partial charge in [0.2, 0.25) is 0 Å². The van der Waals surface area contributed by atoms with E-state index in [1.807, 2.05) is 36.4 Å². The zero-order valence-corrected chi connectivity index (χ0v) is 16.8. The molecule has 2 aromatic carbocycles. The second-order valence-corrected chi connectivity index (χ2v) is 7.34. The van der Waals surface area contributed by atoms with Gasteiger partial charge in [0.1, 0.15) is 5.75 Å². The van der Waals surface area contributed by atoms with Crippen molar-refractivity contribution < 1.29 is 24.1 Å². The van der Waals surface area contributed by atoms with Crippen LogP contribution in [0.25, 0.3) is 11.1 Å². The molecule has 0 saturated carbocycles. The Hall–Kier alpha value is -2.37. The molecule has 2 aromatic rings. The molecule has 0 aromatic heterocycles. The van der Waals surface area contributed by atoms with E-state index in [4.69, 9.17) is 19.3 Å². The number of unbranched alkanes of at least 4 members (excludes halogenated alkanes) is 3. The number of hydrogen-bond donors (Lipinski definition) is 1. The Balaban J connectivity index is 1.28. The minimum Gasteiger partial charge on any atom is -0.494 e. The van der Waals surface area contributed by atoms with E-state index in [2.05, 4.69) is 0 Å². The number of carbonyl (C=O) groups is 1. The molecule has 0 radical (unpaired) electrons. The smallest absolute Gasteiger partial charge is 0.335 e. The number of benzene rings is 2. The van der Waals surface area contributed by atoms with Crippen LogP contribution in [0.3, 0.4) is 0 Å². The van der Waals surface area contributed by atoms with Crippen LogP contribution < -0.4 is 4.74 Å². The molecule has 0 aliphatic carbocycles. The fourth-order valence-electron chi connectivity index (χ4n) is 3.35. The first-order valence-electron chi connectivity index (χ1n) is 10.5. The molecule has 1 aliphatic heterocycles. The quantitative estimate of drug-likeness (QED) is 0.504. The van der Waals surface area contributed by atoms with Crippen molar-refractivity contribution in [2.45, 2.75) is 51.2 Å². The van der Waals surface area contributed by atoms with Gasteiger partial charge in [-0.05, 0) is 73.9 Å². The van der Waals surface area contributed by atoms with Crippen molar-refractivity contribution in [2.24, 2.45) is 0 Å². The third kappa shape index (κ3) is 7.18. The summed E-state index contributed by atoms with van der Waals surface area (Å²) >= 11 is 0. The van der Waals surface area contributed by atoms with E-state index in [1.54, 1.807) is 12.1 Å². The Bertz CT molecular complexity index is 733. The van der Waals surface area contributed by atoms with Gasteiger partial charge in [0.15, 0.2) is 6.29 Å². The molecule has 0 amide bonds. The number of carboxylic acid groups (broad SMARTS) is 1. The summed E-state index contributed by atoms with van der Waals surface area (Å²) in [6, 6.07) is 14.8. The third-order valence-corrected chi connectivity index (χ3v) is 5.07. The zero-order valence-electron chi connectivity index (χ0n) is 16.8. The van der Waals surface area contributed by atoms with Crippen molar-refractivity contribution in [3.05, 3.63) is 54.1 Å². The average molecular weight is 398 g/mol. The molecular weight excluding hydrogens is 368 g/mol. The first kappa shape index (κ1) is 21.3. The van der Waals surface area contributed by atoms with Gasteiger partial charge in [-0.3, -0.25) is 0 Å². The Labute approximate surface area is 172 Å². The fourth-order valence-corrected chi connectivity index (χ4v) is 3.35. The van der Waals surface area contributed by atoms with Gasteiger partial charge in [-0.2, -0.15) is 0 Å². The second-order valence-electron chi connectivity index (χ2n) is 7.34. The standard InChI is InChI=1S/C24H30O5/c25-24(26)21-10-8-19(9-11-21)20-12-14-22(15-13-20)27-16-4-1-2-5-17-28-23-7-3-6-18-29-23/h8-15,23H,1-7,16-18H2,(H,25,26). The average Bonchev–Trinajstić information content (AvgIpc) is 2.77. The van der Waals surface area contributed by atoms with E-state index in [-0.39, 0.29) is 6.29 Å². The molecule has 156 valence electrons. The van der Waals surface area contributed by atoms with Crippen LogP contribution in [0.5, 0.6) is 5.75 Å². The minimum absolute atomic E-state index is 0.0187. The molecule has 3 rings (SSSR count). The van der Waals surface area contributed by atoms with Gasteiger partial charge in [0.25, 0.3) is 0 Å². The van der Waals surface area contributed by atoms with Gasteiger partial charge in [-0.15, -0.1) is 0 Å². The van der Waals surface area contributed by atoms with Crippen LogP contribution in [0.2, 0.25) is 0 Å². The summed E-state index contributed by atoms with van der Waals surface area (Å²) in [4.78, 5) is 10.9. The number of hydrogen-bond acceptors (Lipinski definition) is 4. The number of carboxylic acids is 1. The van der Waals surface area contributed by atoms with Gasteiger partial charge >= 0.3 is 5.97 Å².